The van der Waals surface area contributed by atoms with Gasteiger partial charge in [-0.05, 0) is 31.2 Å². The second-order valence-corrected chi connectivity index (χ2v) is 8.39. The molecule has 1 aliphatic rings. The molecule has 4 aromatic rings. The van der Waals surface area contributed by atoms with Crippen LogP contribution in [0, 0.1) is 0 Å². The molecule has 3 heterocycles. The quantitative estimate of drug-likeness (QED) is 0.463. The van der Waals surface area contributed by atoms with E-state index in [-0.39, 0.29) is 16.5 Å². The third-order valence-corrected chi connectivity index (χ3v) is 6.51. The number of hydrogen-bond donors (Lipinski definition) is 0. The molecular weight excluding hydrogens is 438 g/mol. The highest BCUT2D eigenvalue weighted by Gasteiger charge is 2.27. The number of aromatic nitrogens is 3. The Balaban J connectivity index is 1.34. The second-order valence-electron chi connectivity index (χ2n) is 8.01. The number of carbonyl (C=O) groups is 1. The van der Waals surface area contributed by atoms with Gasteiger partial charge >= 0.3 is 0 Å². The Morgan fingerprint density at radius 2 is 1.70 bits per heavy atom. The van der Waals surface area contributed by atoms with Crippen LogP contribution in [0.2, 0.25) is 5.02 Å². The summed E-state index contributed by atoms with van der Waals surface area (Å²) in [6.07, 6.45) is 1.63. The van der Waals surface area contributed by atoms with Gasteiger partial charge in [-0.3, -0.25) is 9.59 Å². The first kappa shape index (κ1) is 21.3. The molecule has 0 spiro atoms. The standard InChI is InChI=1S/C25H24ClN5O2/c1-2-30-20-11-7-6-8-18(20)16-21(30)24(32)29-14-12-28(13-15-29)22-17-27-31(25(33)23(22)26)19-9-4-3-5-10-19/h3-11,16-17H,2,12-15H2,1H3. The molecule has 2 aromatic carbocycles. The van der Waals surface area contributed by atoms with Crippen molar-refractivity contribution in [2.75, 3.05) is 31.1 Å². The molecule has 0 atom stereocenters. The van der Waals surface area contributed by atoms with Gasteiger partial charge in [0.2, 0.25) is 0 Å². The largest absolute Gasteiger partial charge is 0.365 e. The molecule has 0 saturated carbocycles. The van der Waals surface area contributed by atoms with E-state index in [0.29, 0.717) is 43.2 Å². The van der Waals surface area contributed by atoms with Crippen LogP contribution < -0.4 is 10.5 Å². The summed E-state index contributed by atoms with van der Waals surface area (Å²) >= 11 is 6.46. The van der Waals surface area contributed by atoms with Gasteiger partial charge in [0.1, 0.15) is 10.7 Å². The summed E-state index contributed by atoms with van der Waals surface area (Å²) in [6, 6.07) is 19.2. The molecule has 0 unspecified atom stereocenters. The van der Waals surface area contributed by atoms with Crippen molar-refractivity contribution in [3.63, 3.8) is 0 Å². The van der Waals surface area contributed by atoms with Gasteiger partial charge < -0.3 is 14.4 Å². The van der Waals surface area contributed by atoms with Crippen LogP contribution in [0.1, 0.15) is 17.4 Å². The average Bonchev–Trinajstić information content (AvgIpc) is 3.24. The molecule has 5 rings (SSSR count). The summed E-state index contributed by atoms with van der Waals surface area (Å²) in [5.74, 6) is 0.0245. The number of para-hydroxylation sites is 2. The van der Waals surface area contributed by atoms with Crippen LogP contribution in [0.4, 0.5) is 5.69 Å². The second kappa shape index (κ2) is 8.75. The van der Waals surface area contributed by atoms with E-state index in [4.69, 9.17) is 11.6 Å². The van der Waals surface area contributed by atoms with Crippen molar-refractivity contribution in [1.29, 1.82) is 0 Å². The van der Waals surface area contributed by atoms with E-state index in [1.807, 2.05) is 77.4 Å². The number of amides is 1. The number of fused-ring (bicyclic) bond motifs is 1. The van der Waals surface area contributed by atoms with E-state index in [9.17, 15) is 9.59 Å². The van der Waals surface area contributed by atoms with Gasteiger partial charge in [0.15, 0.2) is 0 Å². The number of carbonyl (C=O) groups excluding carboxylic acids is 1. The molecular formula is C25H24ClN5O2. The number of piperazine rings is 1. The molecule has 1 fully saturated rings. The summed E-state index contributed by atoms with van der Waals surface area (Å²) < 4.78 is 3.36. The predicted molar refractivity (Wildman–Crippen MR) is 131 cm³/mol. The molecule has 7 nitrogen and oxygen atoms in total. The van der Waals surface area contributed by atoms with Gasteiger partial charge in [-0.1, -0.05) is 48.0 Å². The number of hydrogen-bond acceptors (Lipinski definition) is 4. The molecule has 1 saturated heterocycles. The van der Waals surface area contributed by atoms with Gasteiger partial charge in [-0.2, -0.15) is 9.78 Å². The molecule has 168 valence electrons. The lowest BCUT2D eigenvalue weighted by Gasteiger charge is -2.36. The van der Waals surface area contributed by atoms with Gasteiger partial charge in [0, 0.05) is 43.6 Å². The summed E-state index contributed by atoms with van der Waals surface area (Å²) in [6.45, 7) is 5.02. The molecule has 8 heteroatoms. The molecule has 0 radical (unpaired) electrons. The maximum atomic E-state index is 13.3. The fourth-order valence-electron chi connectivity index (χ4n) is 4.44. The predicted octanol–water partition coefficient (Wildman–Crippen LogP) is 3.82. The Bertz CT molecular complexity index is 1370. The van der Waals surface area contributed by atoms with Crippen molar-refractivity contribution >= 4 is 34.1 Å². The van der Waals surface area contributed by atoms with E-state index in [1.54, 1.807) is 6.20 Å². The van der Waals surface area contributed by atoms with Crippen LogP contribution in [-0.4, -0.2) is 51.3 Å². The Hall–Kier alpha value is -3.58. The van der Waals surface area contributed by atoms with Crippen LogP contribution in [0.15, 0.2) is 71.7 Å². The number of rotatable bonds is 4. The summed E-state index contributed by atoms with van der Waals surface area (Å²) in [5.41, 5.74) is 2.68. The molecule has 33 heavy (non-hydrogen) atoms. The number of halogens is 1. The smallest absolute Gasteiger partial charge is 0.292 e. The zero-order valence-electron chi connectivity index (χ0n) is 18.3. The molecule has 1 aliphatic heterocycles. The Morgan fingerprint density at radius 3 is 2.42 bits per heavy atom. The zero-order valence-corrected chi connectivity index (χ0v) is 19.1. The number of anilines is 1. The minimum atomic E-state index is -0.355. The Labute approximate surface area is 196 Å². The van der Waals surface area contributed by atoms with Crippen molar-refractivity contribution in [3.05, 3.63) is 87.9 Å². The van der Waals surface area contributed by atoms with Crippen LogP contribution in [-0.2, 0) is 6.54 Å². The summed E-state index contributed by atoms with van der Waals surface area (Å²) in [4.78, 5) is 30.0. The first-order valence-corrected chi connectivity index (χ1v) is 11.4. The van der Waals surface area contributed by atoms with Gasteiger partial charge in [0.25, 0.3) is 11.5 Å². The molecule has 1 amide bonds. The maximum absolute atomic E-state index is 13.3. The zero-order chi connectivity index (χ0) is 22.9. The normalized spacial score (nSPS) is 14.1. The minimum absolute atomic E-state index is 0.0245. The van der Waals surface area contributed by atoms with Crippen LogP contribution >= 0.6 is 11.6 Å². The van der Waals surface area contributed by atoms with Crippen molar-refractivity contribution in [2.45, 2.75) is 13.5 Å². The van der Waals surface area contributed by atoms with Gasteiger partial charge in [0.05, 0.1) is 17.6 Å². The van der Waals surface area contributed by atoms with E-state index >= 15 is 0 Å². The van der Waals surface area contributed by atoms with Crippen LogP contribution in [0.25, 0.3) is 16.6 Å². The van der Waals surface area contributed by atoms with Crippen molar-refractivity contribution < 1.29 is 4.79 Å². The molecule has 0 aliphatic carbocycles. The maximum Gasteiger partial charge on any atom is 0.292 e. The monoisotopic (exact) mass is 461 g/mol. The third kappa shape index (κ3) is 3.78. The highest BCUT2D eigenvalue weighted by Crippen LogP contribution is 2.25. The van der Waals surface area contributed by atoms with Crippen LogP contribution in [0.3, 0.4) is 0 Å². The Kier molecular flexibility index (Phi) is 5.64. The number of nitrogens with zero attached hydrogens (tertiary/aromatic N) is 5. The van der Waals surface area contributed by atoms with E-state index < -0.39 is 0 Å². The van der Waals surface area contributed by atoms with Crippen LogP contribution in [0.5, 0.6) is 0 Å². The third-order valence-electron chi connectivity index (χ3n) is 6.15. The van der Waals surface area contributed by atoms with Crippen molar-refractivity contribution in [2.24, 2.45) is 0 Å². The SMILES string of the molecule is CCn1c(C(=O)N2CCN(c3cnn(-c4ccccc4)c(=O)c3Cl)CC2)cc2ccccc21. The van der Waals surface area contributed by atoms with Crippen molar-refractivity contribution in [1.82, 2.24) is 19.2 Å². The first-order valence-electron chi connectivity index (χ1n) is 11.0. The van der Waals surface area contributed by atoms with E-state index in [1.165, 1.54) is 4.68 Å². The molecule has 0 N–H and O–H groups in total. The molecule has 0 bridgehead atoms. The number of aryl methyl sites for hydroxylation is 1. The van der Waals surface area contributed by atoms with E-state index in [2.05, 4.69) is 9.67 Å². The lowest BCUT2D eigenvalue weighted by atomic mass is 10.2. The highest BCUT2D eigenvalue weighted by molar-refractivity contribution is 6.33. The highest BCUT2D eigenvalue weighted by atomic mass is 35.5. The van der Waals surface area contributed by atoms with Crippen molar-refractivity contribution in [3.8, 4) is 5.69 Å². The Morgan fingerprint density at radius 1 is 1.00 bits per heavy atom. The minimum Gasteiger partial charge on any atom is -0.365 e. The lowest BCUT2D eigenvalue weighted by molar-refractivity contribution is 0.0736. The average molecular weight is 462 g/mol. The lowest BCUT2D eigenvalue weighted by Crippen LogP contribution is -2.49. The summed E-state index contributed by atoms with van der Waals surface area (Å²) in [5, 5.41) is 5.53. The fraction of sp³-hybridized carbons (Fsp3) is 0.240. The molecule has 2 aromatic heterocycles. The van der Waals surface area contributed by atoms with Gasteiger partial charge in [-0.25, -0.2) is 0 Å². The summed E-state index contributed by atoms with van der Waals surface area (Å²) in [7, 11) is 0. The number of benzene rings is 2. The first-order chi connectivity index (χ1) is 16.1. The fourth-order valence-corrected chi connectivity index (χ4v) is 4.69. The van der Waals surface area contributed by atoms with Gasteiger partial charge in [-0.15, -0.1) is 0 Å². The van der Waals surface area contributed by atoms with E-state index in [0.717, 1.165) is 17.4 Å². The topological polar surface area (TPSA) is 63.4 Å².